The van der Waals surface area contributed by atoms with Gasteiger partial charge in [-0.1, -0.05) is 25.4 Å². The fourth-order valence-corrected chi connectivity index (χ4v) is 6.31. The number of amides is 3. The van der Waals surface area contributed by atoms with E-state index < -0.39 is 23.4 Å². The highest BCUT2D eigenvalue weighted by atomic mass is 35.5. The van der Waals surface area contributed by atoms with Crippen LogP contribution < -0.4 is 11.1 Å². The Balaban J connectivity index is 1.43. The lowest BCUT2D eigenvalue weighted by molar-refractivity contribution is 0.0943. The molecule has 176 valence electrons. The molecule has 5 rings (SSSR count). The second kappa shape index (κ2) is 7.43. The first-order valence-electron chi connectivity index (χ1n) is 11.1. The van der Waals surface area contributed by atoms with Crippen LogP contribution in [0.1, 0.15) is 49.2 Å². The minimum absolute atomic E-state index is 0.0783. The van der Waals surface area contributed by atoms with Crippen LogP contribution in [0.25, 0.3) is 11.3 Å². The summed E-state index contributed by atoms with van der Waals surface area (Å²) in [6, 6.07) is 3.89. The highest BCUT2D eigenvalue weighted by Gasteiger charge is 2.63. The molecular weight excluding hydrogens is 449 g/mol. The number of aliphatic hydroxyl groups excluding tert-OH is 1. The first kappa shape index (κ1) is 22.2. The molecule has 2 aliphatic carbocycles. The van der Waals surface area contributed by atoms with E-state index in [9.17, 15) is 19.1 Å². The number of benzene rings is 1. The molecule has 0 saturated heterocycles. The van der Waals surface area contributed by atoms with E-state index in [0.29, 0.717) is 36.5 Å². The number of hydrogen-bond acceptors (Lipinski definition) is 4. The fourth-order valence-electron chi connectivity index (χ4n) is 6.13. The number of nitrogens with two attached hydrogens (primary N) is 1. The van der Waals surface area contributed by atoms with Gasteiger partial charge in [-0.3, -0.25) is 9.48 Å². The van der Waals surface area contributed by atoms with Gasteiger partial charge in [-0.15, -0.1) is 0 Å². The van der Waals surface area contributed by atoms with Gasteiger partial charge in [-0.05, 0) is 48.8 Å². The molecule has 8 nitrogen and oxygen atoms in total. The summed E-state index contributed by atoms with van der Waals surface area (Å²) >= 11 is 5.93. The first-order valence-corrected chi connectivity index (χ1v) is 11.5. The van der Waals surface area contributed by atoms with Crippen LogP contribution in [0, 0.1) is 17.2 Å². The maximum absolute atomic E-state index is 13.6. The second-order valence-corrected chi connectivity index (χ2v) is 10.4. The summed E-state index contributed by atoms with van der Waals surface area (Å²) in [6.07, 6.45) is 1.85. The van der Waals surface area contributed by atoms with Gasteiger partial charge in [0.1, 0.15) is 11.5 Å². The Hall–Kier alpha value is -2.65. The predicted molar refractivity (Wildman–Crippen MR) is 120 cm³/mol. The van der Waals surface area contributed by atoms with Gasteiger partial charge in [-0.2, -0.15) is 5.10 Å². The molecule has 2 saturated carbocycles. The van der Waals surface area contributed by atoms with E-state index in [2.05, 4.69) is 24.3 Å². The van der Waals surface area contributed by atoms with Gasteiger partial charge in [0, 0.05) is 17.6 Å². The Bertz CT molecular complexity index is 1170. The van der Waals surface area contributed by atoms with Crippen molar-refractivity contribution < 1.29 is 19.1 Å². The molecule has 4 N–H and O–H groups in total. The normalized spacial score (nSPS) is 27.5. The third kappa shape index (κ3) is 3.24. The van der Waals surface area contributed by atoms with E-state index in [-0.39, 0.29) is 34.5 Å². The van der Waals surface area contributed by atoms with Gasteiger partial charge < -0.3 is 21.1 Å². The van der Waals surface area contributed by atoms with Crippen LogP contribution in [0.2, 0.25) is 5.02 Å². The third-order valence-electron chi connectivity index (χ3n) is 8.12. The highest BCUT2D eigenvalue weighted by Crippen LogP contribution is 2.60. The number of halogens is 2. The summed E-state index contributed by atoms with van der Waals surface area (Å²) in [5, 5.41) is 18.1. The van der Waals surface area contributed by atoms with Gasteiger partial charge in [0.2, 0.25) is 0 Å². The van der Waals surface area contributed by atoms with E-state index in [1.165, 1.54) is 18.2 Å². The van der Waals surface area contributed by atoms with Gasteiger partial charge in [0.15, 0.2) is 0 Å². The number of rotatable bonds is 3. The molecule has 3 atom stereocenters. The molecule has 10 heteroatoms. The monoisotopic (exact) mass is 475 g/mol. The zero-order valence-electron chi connectivity index (χ0n) is 18.6. The molecule has 3 unspecified atom stereocenters. The number of fused-ring (bicyclic) bond motifs is 3. The molecule has 2 aromatic rings. The second-order valence-electron chi connectivity index (χ2n) is 9.96. The molecule has 0 spiro atoms. The summed E-state index contributed by atoms with van der Waals surface area (Å²) in [5.41, 5.74) is 6.57. The number of carbonyl (C=O) groups is 2. The SMILES string of the molecule is CC1(C)C2CCC1(NC(=O)N1CCn3nc(-c4ccc(F)c(Cl)c4)c(C(N)=O)c3C1)CC2O. The number of nitrogens with one attached hydrogen (secondary N) is 1. The zero-order chi connectivity index (χ0) is 23.7. The third-order valence-corrected chi connectivity index (χ3v) is 8.41. The van der Waals surface area contributed by atoms with E-state index in [1.54, 1.807) is 9.58 Å². The molecular formula is C23H27ClFN5O3. The van der Waals surface area contributed by atoms with Crippen molar-refractivity contribution in [1.29, 1.82) is 0 Å². The minimum atomic E-state index is -0.675. The van der Waals surface area contributed by atoms with Crippen molar-refractivity contribution in [3.63, 3.8) is 0 Å². The molecule has 2 heterocycles. The molecule has 33 heavy (non-hydrogen) atoms. The Morgan fingerprint density at radius 3 is 2.70 bits per heavy atom. The van der Waals surface area contributed by atoms with E-state index >= 15 is 0 Å². The average molecular weight is 476 g/mol. The van der Waals surface area contributed by atoms with Gasteiger partial charge in [-0.25, -0.2) is 9.18 Å². The number of aromatic nitrogens is 2. The van der Waals surface area contributed by atoms with Crippen molar-refractivity contribution in [3.05, 3.63) is 40.3 Å². The molecule has 0 radical (unpaired) electrons. The molecule has 3 aliphatic rings. The molecule has 1 aliphatic heterocycles. The van der Waals surface area contributed by atoms with E-state index in [0.717, 1.165) is 12.8 Å². The van der Waals surface area contributed by atoms with Gasteiger partial charge in [0.25, 0.3) is 5.91 Å². The van der Waals surface area contributed by atoms with Crippen LogP contribution in [0.4, 0.5) is 9.18 Å². The topological polar surface area (TPSA) is 113 Å². The van der Waals surface area contributed by atoms with Crippen LogP contribution in [-0.2, 0) is 13.1 Å². The van der Waals surface area contributed by atoms with Crippen LogP contribution in [0.5, 0.6) is 0 Å². The van der Waals surface area contributed by atoms with Gasteiger partial charge >= 0.3 is 6.03 Å². The lowest BCUT2D eigenvalue weighted by Gasteiger charge is -2.40. The summed E-state index contributed by atoms with van der Waals surface area (Å²) in [7, 11) is 0. The smallest absolute Gasteiger partial charge is 0.318 e. The first-order chi connectivity index (χ1) is 15.5. The van der Waals surface area contributed by atoms with E-state index in [1.807, 2.05) is 0 Å². The number of urea groups is 1. The van der Waals surface area contributed by atoms with Crippen LogP contribution in [-0.4, -0.2) is 49.9 Å². The number of hydrogen-bond donors (Lipinski definition) is 3. The Morgan fingerprint density at radius 1 is 1.33 bits per heavy atom. The Morgan fingerprint density at radius 2 is 2.09 bits per heavy atom. The van der Waals surface area contributed by atoms with Crippen LogP contribution in [0.15, 0.2) is 18.2 Å². The Labute approximate surface area is 195 Å². The zero-order valence-corrected chi connectivity index (χ0v) is 19.3. The van der Waals surface area contributed by atoms with E-state index in [4.69, 9.17) is 17.3 Å². The maximum Gasteiger partial charge on any atom is 0.318 e. The average Bonchev–Trinajstić information content (AvgIpc) is 3.31. The van der Waals surface area contributed by atoms with Crippen LogP contribution in [0.3, 0.4) is 0 Å². The highest BCUT2D eigenvalue weighted by molar-refractivity contribution is 6.31. The summed E-state index contributed by atoms with van der Waals surface area (Å²) in [4.78, 5) is 27.3. The number of primary amides is 1. The molecule has 2 bridgehead atoms. The Kier molecular flexibility index (Phi) is 4.99. The predicted octanol–water partition coefficient (Wildman–Crippen LogP) is 2.91. The van der Waals surface area contributed by atoms with Gasteiger partial charge in [0.05, 0.1) is 35.5 Å². The van der Waals surface area contributed by atoms with Crippen molar-refractivity contribution in [2.24, 2.45) is 17.1 Å². The standard InChI is InChI=1S/C23H27ClFN5O3/c1-22(2)13-5-6-23(22,10-17(13)31)27-21(33)29-7-8-30-16(11-29)18(20(26)32)19(28-30)12-3-4-15(25)14(24)9-12/h3-4,9,13,17,31H,5-8,10-11H2,1-2H3,(H2,26,32)(H,27,33). The fraction of sp³-hybridized carbons (Fsp3) is 0.522. The molecule has 1 aromatic heterocycles. The summed E-state index contributed by atoms with van der Waals surface area (Å²) in [5.74, 6) is -1.07. The number of carbonyl (C=O) groups excluding carboxylic acids is 2. The lowest BCUT2D eigenvalue weighted by atomic mass is 9.76. The maximum atomic E-state index is 13.6. The quantitative estimate of drug-likeness (QED) is 0.633. The molecule has 3 amide bonds. The van der Waals surface area contributed by atoms with Crippen molar-refractivity contribution in [3.8, 4) is 11.3 Å². The summed E-state index contributed by atoms with van der Waals surface area (Å²) in [6.45, 7) is 5.18. The number of nitrogens with zero attached hydrogens (tertiary/aromatic N) is 3. The lowest BCUT2D eigenvalue weighted by Crippen LogP contribution is -2.57. The van der Waals surface area contributed by atoms with Crippen LogP contribution >= 0.6 is 11.6 Å². The molecule has 2 fully saturated rings. The van der Waals surface area contributed by atoms with Crippen molar-refractivity contribution in [2.75, 3.05) is 6.54 Å². The van der Waals surface area contributed by atoms with Crippen molar-refractivity contribution in [1.82, 2.24) is 20.0 Å². The number of aliphatic hydroxyl groups is 1. The summed E-state index contributed by atoms with van der Waals surface area (Å²) < 4.78 is 15.3. The molecule has 1 aromatic carbocycles. The minimum Gasteiger partial charge on any atom is -0.393 e. The van der Waals surface area contributed by atoms with Crippen molar-refractivity contribution >= 4 is 23.5 Å². The van der Waals surface area contributed by atoms with Crippen molar-refractivity contribution in [2.45, 2.75) is 57.8 Å². The largest absolute Gasteiger partial charge is 0.393 e.